The van der Waals surface area contributed by atoms with Gasteiger partial charge in [0, 0.05) is 29.1 Å². The second-order valence-corrected chi connectivity index (χ2v) is 10.3. The summed E-state index contributed by atoms with van der Waals surface area (Å²) in [4.78, 5) is 24.0. The van der Waals surface area contributed by atoms with Crippen molar-refractivity contribution in [1.29, 1.82) is 5.26 Å². The van der Waals surface area contributed by atoms with Gasteiger partial charge in [-0.1, -0.05) is 31.1 Å². The third kappa shape index (κ3) is 1.70. The molecule has 0 aromatic carbocycles. The molecule has 28 heavy (non-hydrogen) atoms. The largest absolute Gasteiger partial charge is 0.509 e. The second kappa shape index (κ2) is 4.90. The standard InChI is InChI=1S/C23H25NO4/c1-21-5-3-14(25)8-13(21)7-12(10-24)18-16(21)4-6-22(2)19(18)15-9-17(15)23(22)11-27-20(26)28-23/h4,8,12,15,17-19H,3,5-7,9,11H2,1-2H3/t12-,15+,17-,18?,19?,21-,22-,23-/m0/s1. The van der Waals surface area contributed by atoms with E-state index in [9.17, 15) is 14.9 Å². The maximum atomic E-state index is 12.1. The van der Waals surface area contributed by atoms with E-state index in [1.54, 1.807) is 0 Å². The van der Waals surface area contributed by atoms with Gasteiger partial charge in [-0.3, -0.25) is 4.79 Å². The van der Waals surface area contributed by atoms with E-state index in [2.05, 4.69) is 26.0 Å². The van der Waals surface area contributed by atoms with Crippen molar-refractivity contribution >= 4 is 11.9 Å². The Kier molecular flexibility index (Phi) is 2.94. The molecule has 1 spiro atoms. The molecule has 1 aliphatic heterocycles. The molecule has 0 aromatic heterocycles. The van der Waals surface area contributed by atoms with Gasteiger partial charge in [0.2, 0.25) is 0 Å². The number of carbonyl (C=O) groups is 2. The van der Waals surface area contributed by atoms with Crippen LogP contribution < -0.4 is 0 Å². The fourth-order valence-electron chi connectivity index (χ4n) is 7.91. The molecule has 0 amide bonds. The minimum Gasteiger partial charge on any atom is -0.430 e. The molecule has 6 rings (SSSR count). The van der Waals surface area contributed by atoms with E-state index >= 15 is 0 Å². The number of allylic oxidation sites excluding steroid dienone is 4. The Morgan fingerprint density at radius 3 is 2.82 bits per heavy atom. The molecule has 3 saturated carbocycles. The van der Waals surface area contributed by atoms with Crippen LogP contribution in [-0.2, 0) is 14.3 Å². The number of fused-ring (bicyclic) bond motifs is 9. The number of nitriles is 1. The van der Waals surface area contributed by atoms with Gasteiger partial charge in [0.1, 0.15) is 6.61 Å². The maximum absolute atomic E-state index is 12.1. The molecular weight excluding hydrogens is 354 g/mol. The number of rotatable bonds is 0. The lowest BCUT2D eigenvalue weighted by atomic mass is 9.47. The van der Waals surface area contributed by atoms with Crippen LogP contribution in [0.4, 0.5) is 4.79 Å². The van der Waals surface area contributed by atoms with E-state index in [1.165, 1.54) is 5.57 Å². The van der Waals surface area contributed by atoms with Gasteiger partial charge in [-0.2, -0.15) is 5.26 Å². The van der Waals surface area contributed by atoms with Gasteiger partial charge in [0.15, 0.2) is 11.4 Å². The third-order valence-electron chi connectivity index (χ3n) is 9.36. The lowest BCUT2D eigenvalue weighted by Crippen LogP contribution is -2.56. The number of nitrogens with zero attached hydrogens (tertiary/aromatic N) is 1. The van der Waals surface area contributed by atoms with Crippen LogP contribution in [0.1, 0.15) is 46.0 Å². The Hall–Kier alpha value is -2.09. The highest BCUT2D eigenvalue weighted by Crippen LogP contribution is 2.77. The van der Waals surface area contributed by atoms with Gasteiger partial charge in [-0.05, 0) is 43.6 Å². The molecule has 146 valence electrons. The number of cyclic esters (lactones) is 1. The van der Waals surface area contributed by atoms with Crippen LogP contribution in [0, 0.1) is 51.8 Å². The molecule has 1 heterocycles. The van der Waals surface area contributed by atoms with E-state index in [0.717, 1.165) is 24.8 Å². The number of hydrogen-bond donors (Lipinski definition) is 0. The summed E-state index contributed by atoms with van der Waals surface area (Å²) in [6.45, 7) is 4.88. The normalized spacial score (nSPS) is 53.0. The molecular formula is C23H25NO4. The topological polar surface area (TPSA) is 76.4 Å². The zero-order chi connectivity index (χ0) is 19.5. The average Bonchev–Trinajstić information content (AvgIpc) is 3.30. The molecule has 4 fully saturated rings. The summed E-state index contributed by atoms with van der Waals surface area (Å²) in [6, 6.07) is 2.59. The van der Waals surface area contributed by atoms with Crippen LogP contribution in [-0.4, -0.2) is 24.1 Å². The summed E-state index contributed by atoms with van der Waals surface area (Å²) in [5, 5.41) is 10.1. The molecule has 0 radical (unpaired) electrons. The van der Waals surface area contributed by atoms with Gasteiger partial charge in [-0.15, -0.1) is 0 Å². The Labute approximate surface area is 164 Å². The molecule has 6 aliphatic rings. The number of ketones is 1. The highest BCUT2D eigenvalue weighted by molar-refractivity contribution is 5.92. The highest BCUT2D eigenvalue weighted by Gasteiger charge is 2.80. The fourth-order valence-corrected chi connectivity index (χ4v) is 7.91. The average molecular weight is 379 g/mol. The van der Waals surface area contributed by atoms with Gasteiger partial charge < -0.3 is 9.47 Å². The van der Waals surface area contributed by atoms with Crippen molar-refractivity contribution in [2.75, 3.05) is 6.61 Å². The van der Waals surface area contributed by atoms with Gasteiger partial charge in [0.05, 0.1) is 12.0 Å². The van der Waals surface area contributed by atoms with Crippen molar-refractivity contribution in [3.05, 3.63) is 23.3 Å². The molecule has 5 nitrogen and oxygen atoms in total. The van der Waals surface area contributed by atoms with E-state index in [-0.39, 0.29) is 28.4 Å². The lowest BCUT2D eigenvalue weighted by Gasteiger charge is -2.56. The van der Waals surface area contributed by atoms with E-state index in [1.807, 2.05) is 6.08 Å². The predicted molar refractivity (Wildman–Crippen MR) is 98.7 cm³/mol. The quantitative estimate of drug-likeness (QED) is 0.470. The van der Waals surface area contributed by atoms with Crippen LogP contribution in [0.25, 0.3) is 0 Å². The van der Waals surface area contributed by atoms with E-state index < -0.39 is 11.8 Å². The van der Waals surface area contributed by atoms with Crippen molar-refractivity contribution < 1.29 is 19.1 Å². The maximum Gasteiger partial charge on any atom is 0.509 e. The molecule has 0 bridgehead atoms. The van der Waals surface area contributed by atoms with Crippen LogP contribution >= 0.6 is 0 Å². The minimum absolute atomic E-state index is 0.101. The fraction of sp³-hybridized carbons (Fsp3) is 0.696. The van der Waals surface area contributed by atoms with Crippen molar-refractivity contribution in [3.8, 4) is 6.07 Å². The number of carbonyl (C=O) groups excluding carboxylic acids is 2. The Bertz CT molecular complexity index is 927. The monoisotopic (exact) mass is 379 g/mol. The molecule has 8 atom stereocenters. The summed E-state index contributed by atoms with van der Waals surface area (Å²) in [6.07, 6.45) is 7.66. The predicted octanol–water partition coefficient (Wildman–Crippen LogP) is 3.95. The molecule has 1 saturated heterocycles. The van der Waals surface area contributed by atoms with E-state index in [4.69, 9.17) is 9.47 Å². The summed E-state index contributed by atoms with van der Waals surface area (Å²) in [7, 11) is 0. The Morgan fingerprint density at radius 1 is 1.29 bits per heavy atom. The Balaban J connectivity index is 1.50. The Morgan fingerprint density at radius 2 is 2.11 bits per heavy atom. The summed E-state index contributed by atoms with van der Waals surface area (Å²) in [5.41, 5.74) is 1.71. The molecule has 0 N–H and O–H groups in total. The highest BCUT2D eigenvalue weighted by atomic mass is 16.8. The van der Waals surface area contributed by atoms with Crippen LogP contribution in [0.5, 0.6) is 0 Å². The van der Waals surface area contributed by atoms with E-state index in [0.29, 0.717) is 37.2 Å². The van der Waals surface area contributed by atoms with Crippen molar-refractivity contribution in [2.24, 2.45) is 40.4 Å². The minimum atomic E-state index is -0.536. The first-order valence-electron chi connectivity index (χ1n) is 10.5. The number of hydrogen-bond acceptors (Lipinski definition) is 5. The molecule has 5 aliphatic carbocycles. The SMILES string of the molecule is C[C@]12CCC(=O)C=C1C[C@@H](C#N)C1C2=CC[C@@]2(C)C1[C@@H]1C[C@@H]1[C@@]21COC(=O)O1. The third-order valence-corrected chi connectivity index (χ3v) is 9.36. The zero-order valence-electron chi connectivity index (χ0n) is 16.4. The first-order valence-corrected chi connectivity index (χ1v) is 10.5. The summed E-state index contributed by atoms with van der Waals surface area (Å²) < 4.78 is 11.2. The lowest BCUT2D eigenvalue weighted by molar-refractivity contribution is -0.116. The molecule has 2 unspecified atom stereocenters. The van der Waals surface area contributed by atoms with Crippen molar-refractivity contribution in [1.82, 2.24) is 0 Å². The number of ether oxygens (including phenoxy) is 2. The summed E-state index contributed by atoms with van der Waals surface area (Å²) >= 11 is 0. The zero-order valence-corrected chi connectivity index (χ0v) is 16.4. The molecule has 5 heteroatoms. The molecule has 0 aromatic rings. The van der Waals surface area contributed by atoms with Crippen molar-refractivity contribution in [2.45, 2.75) is 51.6 Å². The van der Waals surface area contributed by atoms with Gasteiger partial charge >= 0.3 is 6.16 Å². The van der Waals surface area contributed by atoms with Gasteiger partial charge in [0.25, 0.3) is 0 Å². The van der Waals surface area contributed by atoms with Crippen LogP contribution in [0.3, 0.4) is 0 Å². The van der Waals surface area contributed by atoms with Crippen molar-refractivity contribution in [3.63, 3.8) is 0 Å². The first-order chi connectivity index (χ1) is 13.3. The second-order valence-electron chi connectivity index (χ2n) is 10.3. The first kappa shape index (κ1) is 16.8. The smallest absolute Gasteiger partial charge is 0.430 e. The van der Waals surface area contributed by atoms with Gasteiger partial charge in [-0.25, -0.2) is 4.79 Å². The van der Waals surface area contributed by atoms with Crippen LogP contribution in [0.15, 0.2) is 23.3 Å². The summed E-state index contributed by atoms with van der Waals surface area (Å²) in [5.74, 6) is 1.47. The van der Waals surface area contributed by atoms with Crippen LogP contribution in [0.2, 0.25) is 0 Å².